The van der Waals surface area contributed by atoms with Gasteiger partial charge in [-0.2, -0.15) is 0 Å². The number of hydrogen-bond donors (Lipinski definition) is 3. The molecule has 0 fully saturated rings. The SMILES string of the molecule is CCc1cc(CCCc2ccc(CO)c(CO)c2)ccc1OCC(O)(CC)CC. The molecule has 0 saturated carbocycles. The molecule has 0 aromatic heterocycles. The third-order valence-electron chi connectivity index (χ3n) is 5.86. The summed E-state index contributed by atoms with van der Waals surface area (Å²) in [5, 5.41) is 29.2. The van der Waals surface area contributed by atoms with Gasteiger partial charge in [-0.3, -0.25) is 0 Å². The number of ether oxygens (including phenoxy) is 1. The van der Waals surface area contributed by atoms with Gasteiger partial charge in [0.25, 0.3) is 0 Å². The van der Waals surface area contributed by atoms with Crippen LogP contribution in [-0.2, 0) is 32.5 Å². The third-order valence-corrected chi connectivity index (χ3v) is 5.86. The minimum absolute atomic E-state index is 0.0434. The Morgan fingerprint density at radius 1 is 0.793 bits per heavy atom. The molecule has 0 saturated heterocycles. The zero-order valence-electron chi connectivity index (χ0n) is 18.1. The van der Waals surface area contributed by atoms with Crippen molar-refractivity contribution < 1.29 is 20.1 Å². The molecule has 2 aromatic carbocycles. The molecule has 0 aliphatic rings. The summed E-state index contributed by atoms with van der Waals surface area (Å²) in [6.45, 7) is 6.32. The largest absolute Gasteiger partial charge is 0.490 e. The first kappa shape index (κ1) is 23.4. The summed E-state index contributed by atoms with van der Waals surface area (Å²) in [7, 11) is 0. The molecule has 0 aliphatic carbocycles. The number of aliphatic hydroxyl groups is 3. The molecular formula is C25H36O4. The molecule has 160 valence electrons. The van der Waals surface area contributed by atoms with E-state index in [0.717, 1.165) is 42.6 Å². The second-order valence-electron chi connectivity index (χ2n) is 7.79. The van der Waals surface area contributed by atoms with Crippen LogP contribution in [-0.4, -0.2) is 27.5 Å². The van der Waals surface area contributed by atoms with Crippen molar-refractivity contribution in [1.29, 1.82) is 0 Å². The maximum absolute atomic E-state index is 10.4. The molecule has 2 rings (SSSR count). The van der Waals surface area contributed by atoms with Crippen LogP contribution < -0.4 is 4.74 Å². The number of benzene rings is 2. The van der Waals surface area contributed by atoms with Crippen LogP contribution in [0, 0.1) is 0 Å². The molecule has 0 spiro atoms. The standard InChI is InChI=1S/C25H36O4/c1-4-21-14-20(11-13-24(21)29-18-25(28,5-2)6-3)9-7-8-19-10-12-22(16-26)23(15-19)17-27/h10-15,26-28H,4-9,16-18H2,1-3H3. The lowest BCUT2D eigenvalue weighted by Gasteiger charge is -2.25. The Labute approximate surface area is 175 Å². The molecule has 4 heteroatoms. The molecule has 0 amide bonds. The van der Waals surface area contributed by atoms with Crippen molar-refractivity contribution in [2.45, 2.75) is 78.1 Å². The summed E-state index contributed by atoms with van der Waals surface area (Å²) in [6, 6.07) is 12.3. The summed E-state index contributed by atoms with van der Waals surface area (Å²) in [5.74, 6) is 0.865. The lowest BCUT2D eigenvalue weighted by molar-refractivity contribution is -0.0115. The highest BCUT2D eigenvalue weighted by atomic mass is 16.5. The highest BCUT2D eigenvalue weighted by Crippen LogP contribution is 2.25. The Morgan fingerprint density at radius 3 is 1.93 bits per heavy atom. The Morgan fingerprint density at radius 2 is 1.38 bits per heavy atom. The third kappa shape index (κ3) is 6.56. The maximum Gasteiger partial charge on any atom is 0.122 e. The van der Waals surface area contributed by atoms with Gasteiger partial charge in [-0.05, 0) is 72.4 Å². The second-order valence-corrected chi connectivity index (χ2v) is 7.79. The average Bonchev–Trinajstić information content (AvgIpc) is 2.77. The zero-order valence-corrected chi connectivity index (χ0v) is 18.1. The molecular weight excluding hydrogens is 364 g/mol. The summed E-state index contributed by atoms with van der Waals surface area (Å²) >= 11 is 0. The Kier molecular flexibility index (Phi) is 9.15. The molecule has 0 bridgehead atoms. The molecule has 29 heavy (non-hydrogen) atoms. The lowest BCUT2D eigenvalue weighted by Crippen LogP contribution is -2.34. The normalized spacial score (nSPS) is 11.7. The molecule has 0 heterocycles. The highest BCUT2D eigenvalue weighted by Gasteiger charge is 2.23. The van der Waals surface area contributed by atoms with Crippen LogP contribution >= 0.6 is 0 Å². The van der Waals surface area contributed by atoms with E-state index in [1.165, 1.54) is 16.7 Å². The van der Waals surface area contributed by atoms with E-state index in [4.69, 9.17) is 4.74 Å². The predicted molar refractivity (Wildman–Crippen MR) is 117 cm³/mol. The molecule has 0 aliphatic heterocycles. The fourth-order valence-corrected chi connectivity index (χ4v) is 3.50. The average molecular weight is 401 g/mol. The first-order valence-corrected chi connectivity index (χ1v) is 10.8. The van der Waals surface area contributed by atoms with E-state index in [1.807, 2.05) is 38.1 Å². The monoisotopic (exact) mass is 400 g/mol. The Bertz CT molecular complexity index is 765. The van der Waals surface area contributed by atoms with Crippen molar-refractivity contribution >= 4 is 0 Å². The van der Waals surface area contributed by atoms with Gasteiger partial charge in [-0.1, -0.05) is 51.1 Å². The van der Waals surface area contributed by atoms with E-state index < -0.39 is 5.60 Å². The summed E-state index contributed by atoms with van der Waals surface area (Å²) in [6.07, 6.45) is 5.16. The van der Waals surface area contributed by atoms with Crippen molar-refractivity contribution in [3.05, 3.63) is 64.2 Å². The van der Waals surface area contributed by atoms with Crippen molar-refractivity contribution in [2.75, 3.05) is 6.61 Å². The van der Waals surface area contributed by atoms with Gasteiger partial charge in [-0.15, -0.1) is 0 Å². The van der Waals surface area contributed by atoms with Crippen LogP contribution in [0.4, 0.5) is 0 Å². The maximum atomic E-state index is 10.4. The summed E-state index contributed by atoms with van der Waals surface area (Å²) < 4.78 is 5.96. The molecule has 2 aromatic rings. The van der Waals surface area contributed by atoms with Crippen LogP contribution in [0.3, 0.4) is 0 Å². The number of rotatable bonds is 12. The van der Waals surface area contributed by atoms with E-state index in [1.54, 1.807) is 0 Å². The van der Waals surface area contributed by atoms with Gasteiger partial charge in [0.1, 0.15) is 12.4 Å². The zero-order chi connectivity index (χ0) is 21.3. The van der Waals surface area contributed by atoms with Crippen LogP contribution in [0.15, 0.2) is 36.4 Å². The smallest absolute Gasteiger partial charge is 0.122 e. The number of aryl methyl sites for hydroxylation is 3. The van der Waals surface area contributed by atoms with Gasteiger partial charge in [0.15, 0.2) is 0 Å². The quantitative estimate of drug-likeness (QED) is 0.496. The van der Waals surface area contributed by atoms with E-state index >= 15 is 0 Å². The molecule has 0 unspecified atom stereocenters. The molecule has 4 nitrogen and oxygen atoms in total. The topological polar surface area (TPSA) is 69.9 Å². The van der Waals surface area contributed by atoms with Gasteiger partial charge in [0, 0.05) is 0 Å². The fourth-order valence-electron chi connectivity index (χ4n) is 3.50. The Hall–Kier alpha value is -1.88. The van der Waals surface area contributed by atoms with E-state index in [0.29, 0.717) is 19.4 Å². The van der Waals surface area contributed by atoms with E-state index in [-0.39, 0.29) is 13.2 Å². The van der Waals surface area contributed by atoms with Gasteiger partial charge < -0.3 is 20.1 Å². The van der Waals surface area contributed by atoms with Crippen molar-refractivity contribution in [2.24, 2.45) is 0 Å². The number of aliphatic hydroxyl groups excluding tert-OH is 2. The fraction of sp³-hybridized carbons (Fsp3) is 0.520. The second kappa shape index (κ2) is 11.3. The van der Waals surface area contributed by atoms with Gasteiger partial charge in [0.05, 0.1) is 18.8 Å². The van der Waals surface area contributed by atoms with Crippen molar-refractivity contribution in [3.63, 3.8) is 0 Å². The molecule has 0 atom stereocenters. The number of hydrogen-bond acceptors (Lipinski definition) is 4. The van der Waals surface area contributed by atoms with Crippen LogP contribution in [0.5, 0.6) is 5.75 Å². The van der Waals surface area contributed by atoms with Crippen LogP contribution in [0.2, 0.25) is 0 Å². The van der Waals surface area contributed by atoms with E-state index in [2.05, 4.69) is 19.1 Å². The highest BCUT2D eigenvalue weighted by molar-refractivity contribution is 5.38. The van der Waals surface area contributed by atoms with Gasteiger partial charge in [-0.25, -0.2) is 0 Å². The van der Waals surface area contributed by atoms with Gasteiger partial charge >= 0.3 is 0 Å². The lowest BCUT2D eigenvalue weighted by atomic mass is 9.98. The summed E-state index contributed by atoms with van der Waals surface area (Å²) in [5.41, 5.74) is 4.47. The van der Waals surface area contributed by atoms with Crippen LogP contribution in [0.25, 0.3) is 0 Å². The van der Waals surface area contributed by atoms with Gasteiger partial charge in [0.2, 0.25) is 0 Å². The van der Waals surface area contributed by atoms with E-state index in [9.17, 15) is 15.3 Å². The van der Waals surface area contributed by atoms with Crippen molar-refractivity contribution in [1.82, 2.24) is 0 Å². The minimum Gasteiger partial charge on any atom is -0.490 e. The first-order valence-electron chi connectivity index (χ1n) is 10.8. The van der Waals surface area contributed by atoms with Crippen molar-refractivity contribution in [3.8, 4) is 5.75 Å². The minimum atomic E-state index is -0.761. The molecule has 3 N–H and O–H groups in total. The molecule has 0 radical (unpaired) electrons. The summed E-state index contributed by atoms with van der Waals surface area (Å²) in [4.78, 5) is 0. The predicted octanol–water partition coefficient (Wildman–Crippen LogP) is 4.34. The first-order chi connectivity index (χ1) is 14.0. The van der Waals surface area contributed by atoms with Crippen LogP contribution in [0.1, 0.15) is 67.9 Å². The Balaban J connectivity index is 1.96.